The second-order valence-corrected chi connectivity index (χ2v) is 8.23. The van der Waals surface area contributed by atoms with E-state index in [1.807, 2.05) is 0 Å². The van der Waals surface area contributed by atoms with Crippen LogP contribution in [0.4, 0.5) is 0 Å². The van der Waals surface area contributed by atoms with E-state index in [0.717, 1.165) is 19.3 Å². The SMILES string of the molecule is CCCCCCCCCCCCCCCC(=O)OCC(O)COP(=O)([O-])[O-]. The smallest absolute Gasteiger partial charge is 0.305 e. The quantitative estimate of drug-likeness (QED) is 0.198. The van der Waals surface area contributed by atoms with Crippen molar-refractivity contribution in [3.05, 3.63) is 0 Å². The summed E-state index contributed by atoms with van der Waals surface area (Å²) in [6.45, 7) is 1.16. The van der Waals surface area contributed by atoms with Crippen LogP contribution < -0.4 is 9.79 Å². The van der Waals surface area contributed by atoms with Gasteiger partial charge in [0.05, 0.1) is 14.4 Å². The molecule has 1 N–H and O–H groups in total. The zero-order valence-corrected chi connectivity index (χ0v) is 17.6. The first kappa shape index (κ1) is 26.5. The molecule has 0 saturated heterocycles. The first-order chi connectivity index (χ1) is 12.8. The Hall–Kier alpha value is -0.460. The molecule has 0 heterocycles. The molecule has 0 spiro atoms. The third-order valence-electron chi connectivity index (χ3n) is 4.35. The Morgan fingerprint density at radius 2 is 1.30 bits per heavy atom. The minimum Gasteiger partial charge on any atom is -0.790 e. The molecule has 27 heavy (non-hydrogen) atoms. The summed E-state index contributed by atoms with van der Waals surface area (Å²) >= 11 is 0. The van der Waals surface area contributed by atoms with Gasteiger partial charge in [-0.25, -0.2) is 0 Å². The molecule has 0 radical (unpaired) electrons. The minimum atomic E-state index is -5.11. The Morgan fingerprint density at radius 1 is 0.852 bits per heavy atom. The fourth-order valence-electron chi connectivity index (χ4n) is 2.77. The van der Waals surface area contributed by atoms with Crippen LogP contribution in [0.25, 0.3) is 0 Å². The molecule has 0 amide bonds. The molecule has 7 nitrogen and oxygen atoms in total. The van der Waals surface area contributed by atoms with Gasteiger partial charge in [0.1, 0.15) is 12.7 Å². The molecule has 0 rings (SSSR count). The molecule has 0 bridgehead atoms. The van der Waals surface area contributed by atoms with Gasteiger partial charge in [-0.2, -0.15) is 0 Å². The van der Waals surface area contributed by atoms with Crippen LogP contribution in [-0.2, 0) is 18.6 Å². The lowest BCUT2D eigenvalue weighted by Gasteiger charge is -2.29. The summed E-state index contributed by atoms with van der Waals surface area (Å²) < 4.78 is 19.0. The molecule has 0 aliphatic rings. The summed E-state index contributed by atoms with van der Waals surface area (Å²) in [7, 11) is -5.11. The molecular formula is C19H37O7P-2. The maximum absolute atomic E-state index is 11.5. The van der Waals surface area contributed by atoms with Gasteiger partial charge in [0.15, 0.2) is 0 Å². The van der Waals surface area contributed by atoms with Crippen molar-refractivity contribution in [3.63, 3.8) is 0 Å². The number of esters is 1. The zero-order chi connectivity index (χ0) is 20.4. The molecule has 0 aromatic carbocycles. The van der Waals surface area contributed by atoms with E-state index in [9.17, 15) is 24.3 Å². The molecule has 1 unspecified atom stereocenters. The summed E-state index contributed by atoms with van der Waals surface area (Å²) in [5.74, 6) is -0.440. The van der Waals surface area contributed by atoms with Crippen LogP contribution in [0.15, 0.2) is 0 Å². The number of unbranched alkanes of at least 4 members (excludes halogenated alkanes) is 12. The Bertz CT molecular complexity index is 398. The highest BCUT2D eigenvalue weighted by molar-refractivity contribution is 7.43. The molecule has 0 fully saturated rings. The van der Waals surface area contributed by atoms with Crippen LogP contribution in [0.2, 0.25) is 0 Å². The van der Waals surface area contributed by atoms with Gasteiger partial charge >= 0.3 is 5.97 Å². The zero-order valence-electron chi connectivity index (χ0n) is 16.7. The summed E-state index contributed by atoms with van der Waals surface area (Å²) in [6.07, 6.45) is 14.9. The first-order valence-electron chi connectivity index (χ1n) is 10.4. The van der Waals surface area contributed by atoms with Crippen molar-refractivity contribution in [2.24, 2.45) is 0 Å². The van der Waals surface area contributed by atoms with E-state index >= 15 is 0 Å². The number of phosphoric acid groups is 1. The number of carbonyl (C=O) groups is 1. The number of rotatable bonds is 19. The van der Waals surface area contributed by atoms with Gasteiger partial charge in [0.2, 0.25) is 0 Å². The third kappa shape index (κ3) is 21.7. The van der Waals surface area contributed by atoms with Gasteiger partial charge in [-0.1, -0.05) is 84.0 Å². The molecule has 162 valence electrons. The fraction of sp³-hybridized carbons (Fsp3) is 0.947. The third-order valence-corrected chi connectivity index (χ3v) is 4.81. The Labute approximate surface area is 164 Å². The second kappa shape index (κ2) is 17.6. The highest BCUT2D eigenvalue weighted by Gasteiger charge is 2.09. The highest BCUT2D eigenvalue weighted by Crippen LogP contribution is 2.24. The molecule has 0 aliphatic heterocycles. The van der Waals surface area contributed by atoms with Gasteiger partial charge in [0.25, 0.3) is 0 Å². The number of carbonyl (C=O) groups excluding carboxylic acids is 1. The molecule has 0 aromatic heterocycles. The van der Waals surface area contributed by atoms with Crippen molar-refractivity contribution in [3.8, 4) is 0 Å². The summed E-state index contributed by atoms with van der Waals surface area (Å²) in [4.78, 5) is 32.0. The van der Waals surface area contributed by atoms with Crippen LogP contribution in [0, 0.1) is 0 Å². The van der Waals surface area contributed by atoms with Gasteiger partial charge in [-0.3, -0.25) is 4.79 Å². The lowest BCUT2D eigenvalue weighted by Crippen LogP contribution is -2.26. The average molecular weight is 408 g/mol. The van der Waals surface area contributed by atoms with Gasteiger partial charge in [0, 0.05) is 6.42 Å². The van der Waals surface area contributed by atoms with Crippen molar-refractivity contribution < 1.29 is 33.5 Å². The van der Waals surface area contributed by atoms with E-state index in [2.05, 4.69) is 11.4 Å². The normalized spacial score (nSPS) is 12.9. The topological polar surface area (TPSA) is 119 Å². The summed E-state index contributed by atoms with van der Waals surface area (Å²) in [6, 6.07) is 0. The Balaban J connectivity index is 3.33. The average Bonchev–Trinajstić information content (AvgIpc) is 2.61. The van der Waals surface area contributed by atoms with E-state index in [-0.39, 0.29) is 13.0 Å². The maximum Gasteiger partial charge on any atom is 0.305 e. The van der Waals surface area contributed by atoms with E-state index in [1.165, 1.54) is 64.2 Å². The van der Waals surface area contributed by atoms with Crippen LogP contribution >= 0.6 is 7.82 Å². The van der Waals surface area contributed by atoms with E-state index < -0.39 is 26.5 Å². The largest absolute Gasteiger partial charge is 0.790 e. The van der Waals surface area contributed by atoms with Crippen molar-refractivity contribution in [1.82, 2.24) is 0 Å². The number of ether oxygens (including phenoxy) is 1. The van der Waals surface area contributed by atoms with E-state index in [0.29, 0.717) is 0 Å². The molecule has 0 saturated carbocycles. The number of hydrogen-bond acceptors (Lipinski definition) is 7. The lowest BCUT2D eigenvalue weighted by atomic mass is 10.0. The number of phosphoric ester groups is 1. The van der Waals surface area contributed by atoms with Crippen LogP contribution in [-0.4, -0.2) is 30.4 Å². The Kier molecular flexibility index (Phi) is 17.3. The monoisotopic (exact) mass is 408 g/mol. The highest BCUT2D eigenvalue weighted by atomic mass is 31.2. The van der Waals surface area contributed by atoms with Gasteiger partial charge < -0.3 is 28.7 Å². The summed E-state index contributed by atoms with van der Waals surface area (Å²) in [5, 5.41) is 9.34. The van der Waals surface area contributed by atoms with Crippen LogP contribution in [0.1, 0.15) is 96.8 Å². The molecule has 0 aliphatic carbocycles. The predicted octanol–water partition coefficient (Wildman–Crippen LogP) is 3.22. The van der Waals surface area contributed by atoms with Crippen molar-refractivity contribution >= 4 is 13.8 Å². The first-order valence-corrected chi connectivity index (χ1v) is 11.8. The number of hydrogen-bond donors (Lipinski definition) is 1. The molecule has 1 atom stereocenters. The fourth-order valence-corrected chi connectivity index (χ4v) is 3.13. The lowest BCUT2D eigenvalue weighted by molar-refractivity contribution is -0.342. The van der Waals surface area contributed by atoms with Crippen molar-refractivity contribution in [1.29, 1.82) is 0 Å². The number of aliphatic hydroxyl groups is 1. The van der Waals surface area contributed by atoms with E-state index in [1.54, 1.807) is 0 Å². The second-order valence-electron chi connectivity index (χ2n) is 7.07. The van der Waals surface area contributed by atoms with Crippen molar-refractivity contribution in [2.45, 2.75) is 103 Å². The van der Waals surface area contributed by atoms with Gasteiger partial charge in [-0.15, -0.1) is 0 Å². The molecular weight excluding hydrogens is 371 g/mol. The maximum atomic E-state index is 11.5. The predicted molar refractivity (Wildman–Crippen MR) is 101 cm³/mol. The van der Waals surface area contributed by atoms with Crippen molar-refractivity contribution in [2.75, 3.05) is 13.2 Å². The number of aliphatic hydroxyl groups excluding tert-OH is 1. The molecule has 0 aromatic rings. The van der Waals surface area contributed by atoms with Gasteiger partial charge in [-0.05, 0) is 6.42 Å². The van der Waals surface area contributed by atoms with E-state index in [4.69, 9.17) is 4.74 Å². The van der Waals surface area contributed by atoms with Crippen LogP contribution in [0.5, 0.6) is 0 Å². The Morgan fingerprint density at radius 3 is 1.74 bits per heavy atom. The van der Waals surface area contributed by atoms with Crippen LogP contribution in [0.3, 0.4) is 0 Å². The standard InChI is InChI=1S/C19H39O7P/c1-2-3-4-5-6-7-8-9-10-11-12-13-14-15-19(21)25-16-18(20)17-26-27(22,23)24/h18,20H,2-17H2,1H3,(H2,22,23,24)/p-2. The minimum absolute atomic E-state index is 0.271. The summed E-state index contributed by atoms with van der Waals surface area (Å²) in [5.41, 5.74) is 0. The molecule has 8 heteroatoms.